The van der Waals surface area contributed by atoms with Gasteiger partial charge in [0.15, 0.2) is 0 Å². The van der Waals surface area contributed by atoms with Crippen molar-refractivity contribution in [2.45, 2.75) is 13.1 Å². The first kappa shape index (κ1) is 21.0. The summed E-state index contributed by atoms with van der Waals surface area (Å²) < 4.78 is 37.6. The van der Waals surface area contributed by atoms with Gasteiger partial charge in [0.25, 0.3) is 5.91 Å². The summed E-state index contributed by atoms with van der Waals surface area (Å²) in [5, 5.41) is 3.29. The molecule has 1 saturated heterocycles. The molecule has 154 valence electrons. The molecule has 9 heteroatoms. The molecule has 1 fully saturated rings. The third kappa shape index (κ3) is 5.00. The maximum absolute atomic E-state index is 12.5. The average molecular weight is 426 g/mol. The van der Waals surface area contributed by atoms with Gasteiger partial charge in [-0.1, -0.05) is 17.7 Å². The molecule has 0 unspecified atom stereocenters. The summed E-state index contributed by atoms with van der Waals surface area (Å²) in [6.45, 7) is 2.46. The van der Waals surface area contributed by atoms with Crippen molar-refractivity contribution in [1.82, 2.24) is 4.90 Å². The van der Waals surface area contributed by atoms with Gasteiger partial charge in [0.1, 0.15) is 0 Å². The molecule has 29 heavy (non-hydrogen) atoms. The highest BCUT2D eigenvalue weighted by Crippen LogP contribution is 2.23. The molecule has 1 aliphatic heterocycles. The number of piperazine rings is 1. The zero-order chi connectivity index (χ0) is 21.2. The SMILES string of the molecule is Cc1ccc(C(=O)Nc2ccc(N3CCN(C(=O)C(F)(F)F)CC3)cc2)cc1Cl. The molecule has 2 aromatic rings. The van der Waals surface area contributed by atoms with Crippen molar-refractivity contribution >= 4 is 34.8 Å². The zero-order valence-corrected chi connectivity index (χ0v) is 16.3. The Labute approximate surface area is 171 Å². The van der Waals surface area contributed by atoms with E-state index in [2.05, 4.69) is 5.32 Å². The number of anilines is 2. The molecule has 2 aromatic carbocycles. The molecule has 1 aliphatic rings. The Morgan fingerprint density at radius 2 is 1.62 bits per heavy atom. The number of nitrogens with zero attached hydrogens (tertiary/aromatic N) is 2. The smallest absolute Gasteiger partial charge is 0.368 e. The first-order valence-corrected chi connectivity index (χ1v) is 9.31. The van der Waals surface area contributed by atoms with Gasteiger partial charge >= 0.3 is 12.1 Å². The number of carbonyl (C=O) groups excluding carboxylic acids is 2. The number of alkyl halides is 3. The first-order valence-electron chi connectivity index (χ1n) is 8.94. The molecule has 0 saturated carbocycles. The highest BCUT2D eigenvalue weighted by atomic mass is 35.5. The van der Waals surface area contributed by atoms with Crippen molar-refractivity contribution in [1.29, 1.82) is 0 Å². The molecule has 0 spiro atoms. The van der Waals surface area contributed by atoms with E-state index in [9.17, 15) is 22.8 Å². The van der Waals surface area contributed by atoms with Gasteiger partial charge in [-0.25, -0.2) is 0 Å². The Morgan fingerprint density at radius 3 is 2.17 bits per heavy atom. The van der Waals surface area contributed by atoms with Crippen molar-refractivity contribution in [2.24, 2.45) is 0 Å². The van der Waals surface area contributed by atoms with Crippen LogP contribution < -0.4 is 10.2 Å². The largest absolute Gasteiger partial charge is 0.471 e. The molecular weight excluding hydrogens is 407 g/mol. The second kappa shape index (κ2) is 8.32. The Balaban J connectivity index is 1.59. The van der Waals surface area contributed by atoms with Crippen LogP contribution in [0.3, 0.4) is 0 Å². The summed E-state index contributed by atoms with van der Waals surface area (Å²) in [6, 6.07) is 12.0. The summed E-state index contributed by atoms with van der Waals surface area (Å²) in [5.41, 5.74) is 2.71. The minimum Gasteiger partial charge on any atom is -0.368 e. The van der Waals surface area contributed by atoms with Crippen molar-refractivity contribution in [3.63, 3.8) is 0 Å². The monoisotopic (exact) mass is 425 g/mol. The van der Waals surface area contributed by atoms with Crippen LogP contribution in [-0.4, -0.2) is 49.1 Å². The van der Waals surface area contributed by atoms with E-state index in [-0.39, 0.29) is 19.0 Å². The number of hydrogen-bond donors (Lipinski definition) is 1. The first-order chi connectivity index (χ1) is 13.6. The van der Waals surface area contributed by atoms with Gasteiger partial charge in [-0.05, 0) is 48.9 Å². The number of hydrogen-bond acceptors (Lipinski definition) is 3. The summed E-state index contributed by atoms with van der Waals surface area (Å²) in [6.07, 6.45) is -4.84. The van der Waals surface area contributed by atoms with Crippen molar-refractivity contribution < 1.29 is 22.8 Å². The molecule has 0 bridgehead atoms. The second-order valence-corrected chi connectivity index (χ2v) is 7.15. The second-order valence-electron chi connectivity index (χ2n) is 6.74. The van der Waals surface area contributed by atoms with E-state index in [0.717, 1.165) is 16.2 Å². The van der Waals surface area contributed by atoms with E-state index >= 15 is 0 Å². The van der Waals surface area contributed by atoms with Crippen molar-refractivity contribution in [3.05, 3.63) is 58.6 Å². The standard InChI is InChI=1S/C20H19ClF3N3O2/c1-13-2-3-14(12-17(13)21)18(28)25-15-4-6-16(7-5-15)26-8-10-27(11-9-26)19(29)20(22,23)24/h2-7,12H,8-11H2,1H3,(H,25,28). The van der Waals surface area contributed by atoms with Gasteiger partial charge in [0, 0.05) is 48.1 Å². The van der Waals surface area contributed by atoms with Crippen LogP contribution in [0.1, 0.15) is 15.9 Å². The van der Waals surface area contributed by atoms with Crippen LogP contribution in [0.2, 0.25) is 5.02 Å². The fourth-order valence-corrected chi connectivity index (χ4v) is 3.22. The Kier molecular flexibility index (Phi) is 6.02. The molecule has 3 rings (SSSR count). The highest BCUT2D eigenvalue weighted by molar-refractivity contribution is 6.31. The summed E-state index contributed by atoms with van der Waals surface area (Å²) in [7, 11) is 0. The Hall–Kier alpha value is -2.74. The maximum Gasteiger partial charge on any atom is 0.471 e. The van der Waals surface area contributed by atoms with Gasteiger partial charge in [-0.2, -0.15) is 13.2 Å². The van der Waals surface area contributed by atoms with Gasteiger partial charge in [0.05, 0.1) is 0 Å². The maximum atomic E-state index is 12.5. The third-order valence-electron chi connectivity index (χ3n) is 4.73. The molecule has 0 radical (unpaired) electrons. The van der Waals surface area contributed by atoms with E-state index < -0.39 is 12.1 Å². The van der Waals surface area contributed by atoms with Crippen LogP contribution in [0, 0.1) is 6.92 Å². The van der Waals surface area contributed by atoms with Crippen LogP contribution in [0.5, 0.6) is 0 Å². The number of aryl methyl sites for hydroxylation is 1. The predicted octanol–water partition coefficient (Wildman–Crippen LogP) is 4.11. The normalized spacial score (nSPS) is 14.7. The minimum absolute atomic E-state index is 0.00497. The molecule has 5 nitrogen and oxygen atoms in total. The number of rotatable bonds is 3. The average Bonchev–Trinajstić information content (AvgIpc) is 2.69. The van der Waals surface area contributed by atoms with Crippen LogP contribution in [0.4, 0.5) is 24.5 Å². The number of halogens is 4. The van der Waals surface area contributed by atoms with Crippen LogP contribution in [0.15, 0.2) is 42.5 Å². The number of carbonyl (C=O) groups is 2. The lowest BCUT2D eigenvalue weighted by atomic mass is 10.1. The fourth-order valence-electron chi connectivity index (χ4n) is 3.04. The highest BCUT2D eigenvalue weighted by Gasteiger charge is 2.43. The van der Waals surface area contributed by atoms with Gasteiger partial charge in [0.2, 0.25) is 0 Å². The predicted molar refractivity (Wildman–Crippen MR) is 105 cm³/mol. The Bertz CT molecular complexity index is 908. The molecule has 0 aromatic heterocycles. The van der Waals surface area contributed by atoms with E-state index in [0.29, 0.717) is 29.4 Å². The summed E-state index contributed by atoms with van der Waals surface area (Å²) >= 11 is 6.05. The quantitative estimate of drug-likeness (QED) is 0.805. The van der Waals surface area contributed by atoms with E-state index in [4.69, 9.17) is 11.6 Å². The van der Waals surface area contributed by atoms with Crippen LogP contribution in [0.25, 0.3) is 0 Å². The fraction of sp³-hybridized carbons (Fsp3) is 0.300. The van der Waals surface area contributed by atoms with Crippen LogP contribution >= 0.6 is 11.6 Å². The molecule has 2 amide bonds. The van der Waals surface area contributed by atoms with Gasteiger partial charge in [-0.3, -0.25) is 9.59 Å². The van der Waals surface area contributed by atoms with Crippen LogP contribution in [-0.2, 0) is 4.79 Å². The molecule has 0 atom stereocenters. The number of nitrogens with one attached hydrogen (secondary N) is 1. The summed E-state index contributed by atoms with van der Waals surface area (Å²) in [5.74, 6) is -2.09. The minimum atomic E-state index is -4.84. The summed E-state index contributed by atoms with van der Waals surface area (Å²) in [4.78, 5) is 26.3. The van der Waals surface area contributed by atoms with Gasteiger partial charge in [-0.15, -0.1) is 0 Å². The Morgan fingerprint density at radius 1 is 1.00 bits per heavy atom. The van der Waals surface area contributed by atoms with E-state index in [1.54, 1.807) is 42.5 Å². The lowest BCUT2D eigenvalue weighted by molar-refractivity contribution is -0.185. The number of amides is 2. The van der Waals surface area contributed by atoms with Gasteiger partial charge < -0.3 is 15.1 Å². The molecular formula is C20H19ClF3N3O2. The van der Waals surface area contributed by atoms with Crippen molar-refractivity contribution in [2.75, 3.05) is 36.4 Å². The van der Waals surface area contributed by atoms with Crippen molar-refractivity contribution in [3.8, 4) is 0 Å². The molecule has 0 aliphatic carbocycles. The lowest BCUT2D eigenvalue weighted by Crippen LogP contribution is -2.52. The van der Waals surface area contributed by atoms with E-state index in [1.807, 2.05) is 11.8 Å². The van der Waals surface area contributed by atoms with E-state index in [1.165, 1.54) is 0 Å². The lowest BCUT2D eigenvalue weighted by Gasteiger charge is -2.36. The number of benzene rings is 2. The molecule has 1 N–H and O–H groups in total. The zero-order valence-electron chi connectivity index (χ0n) is 15.6. The topological polar surface area (TPSA) is 52.7 Å². The third-order valence-corrected chi connectivity index (χ3v) is 5.14. The molecule has 1 heterocycles.